The fourth-order valence-electron chi connectivity index (χ4n) is 1.89. The quantitative estimate of drug-likeness (QED) is 0.767. The maximum Gasteiger partial charge on any atom is 0.266 e. The average molecular weight is 371 g/mol. The lowest BCUT2D eigenvalue weighted by molar-refractivity contribution is -0.121. The second-order valence-corrected chi connectivity index (χ2v) is 6.07. The predicted octanol–water partition coefficient (Wildman–Crippen LogP) is 3.00. The molecule has 1 aromatic carbocycles. The first-order chi connectivity index (χ1) is 10.0. The number of benzene rings is 1. The molecule has 1 aromatic rings. The third kappa shape index (κ3) is 3.08. The average Bonchev–Trinajstić information content (AvgIpc) is 2.75. The summed E-state index contributed by atoms with van der Waals surface area (Å²) in [6.07, 6.45) is 1.80. The summed E-state index contributed by atoms with van der Waals surface area (Å²) in [5, 5.41) is 0.679. The maximum atomic E-state index is 12.2. The van der Waals surface area contributed by atoms with Crippen LogP contribution < -0.4 is 9.47 Å². The molecule has 2 rings (SSSR count). The van der Waals surface area contributed by atoms with Gasteiger partial charge in [0.2, 0.25) is 0 Å². The molecule has 5 nitrogen and oxygen atoms in total. The van der Waals surface area contributed by atoms with E-state index in [1.54, 1.807) is 40.5 Å². The van der Waals surface area contributed by atoms with Crippen LogP contribution in [0.15, 0.2) is 26.5 Å². The summed E-state index contributed by atoms with van der Waals surface area (Å²) in [5.41, 5.74) is 0.798. The molecule has 0 aliphatic carbocycles. The van der Waals surface area contributed by atoms with Crippen LogP contribution >= 0.6 is 27.7 Å². The van der Waals surface area contributed by atoms with Crippen LogP contribution in [0.5, 0.6) is 11.5 Å². The lowest BCUT2D eigenvalue weighted by Gasteiger charge is -2.10. The van der Waals surface area contributed by atoms with Crippen molar-refractivity contribution in [3.8, 4) is 11.5 Å². The van der Waals surface area contributed by atoms with E-state index < -0.39 is 0 Å². The van der Waals surface area contributed by atoms with Crippen molar-refractivity contribution in [2.24, 2.45) is 4.99 Å². The van der Waals surface area contributed by atoms with Gasteiger partial charge in [-0.1, -0.05) is 0 Å². The Morgan fingerprint density at radius 3 is 2.48 bits per heavy atom. The number of hydrogen-bond acceptors (Lipinski definition) is 5. The van der Waals surface area contributed by atoms with Crippen LogP contribution in [-0.4, -0.2) is 44.3 Å². The molecule has 1 saturated heterocycles. The molecule has 1 amide bonds. The van der Waals surface area contributed by atoms with Crippen LogP contribution in [0.2, 0.25) is 0 Å². The van der Waals surface area contributed by atoms with Crippen molar-refractivity contribution in [3.63, 3.8) is 0 Å². The summed E-state index contributed by atoms with van der Waals surface area (Å²) in [5.74, 6) is 1.24. The van der Waals surface area contributed by atoms with Crippen LogP contribution in [0, 0.1) is 0 Å². The maximum absolute atomic E-state index is 12.2. The Hall–Kier alpha value is -1.47. The number of likely N-dealkylation sites (N-methyl/N-ethyl adjacent to an activating group) is 1. The smallest absolute Gasteiger partial charge is 0.266 e. The zero-order valence-corrected chi connectivity index (χ0v) is 14.5. The van der Waals surface area contributed by atoms with E-state index >= 15 is 0 Å². The molecule has 21 heavy (non-hydrogen) atoms. The number of methoxy groups -OCH3 is 2. The second-order valence-electron chi connectivity index (χ2n) is 4.21. The highest BCUT2D eigenvalue weighted by Crippen LogP contribution is 2.37. The van der Waals surface area contributed by atoms with Crippen molar-refractivity contribution in [3.05, 3.63) is 27.1 Å². The standard InChI is InChI=1S/C14H15BrN2O3S/c1-16-14-17(2)13(18)12(21-14)6-8-5-9(15)11(20-4)7-10(8)19-3/h5-7H,1-4H3/b12-6+,16-14?. The van der Waals surface area contributed by atoms with E-state index in [0.29, 0.717) is 21.6 Å². The Balaban J connectivity index is 2.46. The highest BCUT2D eigenvalue weighted by molar-refractivity contribution is 9.10. The topological polar surface area (TPSA) is 51.1 Å². The third-order valence-electron chi connectivity index (χ3n) is 2.99. The number of nitrogens with zero attached hydrogens (tertiary/aromatic N) is 2. The summed E-state index contributed by atoms with van der Waals surface area (Å²) in [4.78, 5) is 18.4. The molecule has 1 heterocycles. The molecule has 1 aliphatic heterocycles. The Bertz CT molecular complexity index is 643. The number of amidine groups is 1. The number of amides is 1. The first-order valence-electron chi connectivity index (χ1n) is 6.07. The van der Waals surface area contributed by atoms with Crippen molar-refractivity contribution < 1.29 is 14.3 Å². The molecule has 1 aliphatic rings. The third-order valence-corrected chi connectivity index (χ3v) is 4.76. The molecule has 7 heteroatoms. The van der Waals surface area contributed by atoms with Gasteiger partial charge in [-0.3, -0.25) is 14.7 Å². The Labute approximate surface area is 136 Å². The van der Waals surface area contributed by atoms with Gasteiger partial charge >= 0.3 is 0 Å². The minimum absolute atomic E-state index is 0.0745. The Kier molecular flexibility index (Phi) is 4.95. The first kappa shape index (κ1) is 15.9. The van der Waals surface area contributed by atoms with Gasteiger partial charge < -0.3 is 9.47 Å². The summed E-state index contributed by atoms with van der Waals surface area (Å²) in [6, 6.07) is 3.64. The molecule has 0 N–H and O–H groups in total. The highest BCUT2D eigenvalue weighted by atomic mass is 79.9. The number of carbonyl (C=O) groups is 1. The van der Waals surface area contributed by atoms with E-state index in [-0.39, 0.29) is 5.91 Å². The summed E-state index contributed by atoms with van der Waals surface area (Å²) in [6.45, 7) is 0. The van der Waals surface area contributed by atoms with E-state index in [2.05, 4.69) is 20.9 Å². The van der Waals surface area contributed by atoms with Gasteiger partial charge in [-0.15, -0.1) is 0 Å². The van der Waals surface area contributed by atoms with Crippen LogP contribution in [0.3, 0.4) is 0 Å². The van der Waals surface area contributed by atoms with Gasteiger partial charge in [-0.25, -0.2) is 0 Å². The molecule has 0 aromatic heterocycles. The number of halogens is 1. The fraction of sp³-hybridized carbons (Fsp3) is 0.286. The van der Waals surface area contributed by atoms with Crippen LogP contribution in [0.4, 0.5) is 0 Å². The van der Waals surface area contributed by atoms with Crippen LogP contribution in [0.25, 0.3) is 6.08 Å². The van der Waals surface area contributed by atoms with E-state index in [4.69, 9.17) is 9.47 Å². The molecule has 0 unspecified atom stereocenters. The number of rotatable bonds is 3. The van der Waals surface area contributed by atoms with Gasteiger partial charge in [0, 0.05) is 25.7 Å². The van der Waals surface area contributed by atoms with E-state index in [1.165, 1.54) is 16.7 Å². The lowest BCUT2D eigenvalue weighted by Crippen LogP contribution is -2.23. The molecule has 1 fully saturated rings. The first-order valence-corrected chi connectivity index (χ1v) is 7.68. The summed E-state index contributed by atoms with van der Waals surface area (Å²) < 4.78 is 11.4. The van der Waals surface area contributed by atoms with Gasteiger partial charge in [0.25, 0.3) is 5.91 Å². The molecule has 0 spiro atoms. The van der Waals surface area contributed by atoms with E-state index in [0.717, 1.165) is 10.0 Å². The normalized spacial score (nSPS) is 18.7. The van der Waals surface area contributed by atoms with Gasteiger partial charge in [0.15, 0.2) is 5.17 Å². The van der Waals surface area contributed by atoms with Crippen molar-refractivity contribution in [2.45, 2.75) is 0 Å². The van der Waals surface area contributed by atoms with Crippen molar-refractivity contribution >= 4 is 44.8 Å². The molecular formula is C14H15BrN2O3S. The Morgan fingerprint density at radius 2 is 1.95 bits per heavy atom. The van der Waals surface area contributed by atoms with Crippen LogP contribution in [0.1, 0.15) is 5.56 Å². The lowest BCUT2D eigenvalue weighted by atomic mass is 10.1. The van der Waals surface area contributed by atoms with Gasteiger partial charge in [0.1, 0.15) is 11.5 Å². The minimum Gasteiger partial charge on any atom is -0.496 e. The largest absolute Gasteiger partial charge is 0.496 e. The van der Waals surface area contributed by atoms with E-state index in [1.807, 2.05) is 6.07 Å². The van der Waals surface area contributed by atoms with Gasteiger partial charge in [0.05, 0.1) is 23.6 Å². The zero-order valence-electron chi connectivity index (χ0n) is 12.1. The molecule has 0 radical (unpaired) electrons. The number of aliphatic imine (C=N–C) groups is 1. The van der Waals surface area contributed by atoms with E-state index in [9.17, 15) is 4.79 Å². The monoisotopic (exact) mass is 370 g/mol. The number of carbonyl (C=O) groups excluding carboxylic acids is 1. The number of hydrogen-bond donors (Lipinski definition) is 0. The SMILES string of the molecule is CN=C1S/C(=C/c2cc(Br)c(OC)cc2OC)C(=O)N1C. The zero-order chi connectivity index (χ0) is 15.6. The number of thioether (sulfide) groups is 1. The molecule has 0 saturated carbocycles. The number of ether oxygens (including phenoxy) is 2. The fourth-order valence-corrected chi connectivity index (χ4v) is 3.33. The van der Waals surface area contributed by atoms with Crippen molar-refractivity contribution in [1.29, 1.82) is 0 Å². The Morgan fingerprint density at radius 1 is 1.29 bits per heavy atom. The van der Waals surface area contributed by atoms with Crippen LogP contribution in [-0.2, 0) is 4.79 Å². The molecule has 0 atom stereocenters. The second kappa shape index (κ2) is 6.53. The van der Waals surface area contributed by atoms with Gasteiger partial charge in [-0.05, 0) is 39.8 Å². The highest BCUT2D eigenvalue weighted by Gasteiger charge is 2.30. The molecular weight excluding hydrogens is 356 g/mol. The van der Waals surface area contributed by atoms with Crippen molar-refractivity contribution in [1.82, 2.24) is 4.90 Å². The summed E-state index contributed by atoms with van der Waals surface area (Å²) in [7, 11) is 6.55. The molecule has 0 bridgehead atoms. The minimum atomic E-state index is -0.0745. The molecule has 112 valence electrons. The summed E-state index contributed by atoms with van der Waals surface area (Å²) >= 11 is 4.78. The predicted molar refractivity (Wildman–Crippen MR) is 88.9 cm³/mol. The van der Waals surface area contributed by atoms with Crippen molar-refractivity contribution in [2.75, 3.05) is 28.3 Å². The van der Waals surface area contributed by atoms with Gasteiger partial charge in [-0.2, -0.15) is 0 Å².